The monoisotopic (exact) mass is 540 g/mol. The molecular formula is C34H24N2O5. The maximum Gasteiger partial charge on any atom is 0.269 e. The number of fused-ring (bicyclic) bond motifs is 5. The molecule has 41 heavy (non-hydrogen) atoms. The first-order chi connectivity index (χ1) is 19.8. The summed E-state index contributed by atoms with van der Waals surface area (Å²) in [4.78, 5) is 56.6. The normalized spacial score (nSPS) is 21.5. The molecule has 0 bridgehead atoms. The number of carbonyl (C=O) groups excluding carboxylic acids is 3. The largest absolute Gasteiger partial charge is 0.352 e. The highest BCUT2D eigenvalue weighted by atomic mass is 16.6. The number of aryl methyl sites for hydroxylation is 1. The molecule has 1 unspecified atom stereocenters. The molecule has 0 saturated carbocycles. The van der Waals surface area contributed by atoms with Crippen LogP contribution in [0.1, 0.15) is 53.7 Å². The first-order valence-electron chi connectivity index (χ1n) is 13.4. The van der Waals surface area contributed by atoms with Crippen LogP contribution in [0.4, 0.5) is 11.4 Å². The molecule has 2 heterocycles. The van der Waals surface area contributed by atoms with Crippen molar-refractivity contribution in [2.75, 3.05) is 4.90 Å². The number of nitro benzene ring substituents is 1. The minimum absolute atomic E-state index is 0.125. The van der Waals surface area contributed by atoms with E-state index in [0.717, 1.165) is 16.8 Å². The number of hydrogen-bond donors (Lipinski definition) is 0. The van der Waals surface area contributed by atoms with Crippen molar-refractivity contribution in [1.82, 2.24) is 0 Å². The number of rotatable bonds is 4. The van der Waals surface area contributed by atoms with Crippen LogP contribution in [0.2, 0.25) is 0 Å². The Morgan fingerprint density at radius 2 is 1.44 bits per heavy atom. The molecule has 0 aromatic heterocycles. The summed E-state index contributed by atoms with van der Waals surface area (Å²) < 4.78 is 0. The molecule has 4 aromatic carbocycles. The van der Waals surface area contributed by atoms with Crippen LogP contribution in [0, 0.1) is 22.5 Å². The fraction of sp³-hybridized carbons (Fsp3) is 0.147. The zero-order chi connectivity index (χ0) is 28.5. The summed E-state index contributed by atoms with van der Waals surface area (Å²) in [6.45, 7) is 1.96. The number of non-ortho nitro benzene ring substituents is 1. The first kappa shape index (κ1) is 24.8. The van der Waals surface area contributed by atoms with Gasteiger partial charge in [-0.15, -0.1) is 0 Å². The van der Waals surface area contributed by atoms with Gasteiger partial charge in [-0.25, -0.2) is 0 Å². The van der Waals surface area contributed by atoms with Crippen LogP contribution in [0.15, 0.2) is 103 Å². The van der Waals surface area contributed by atoms with Crippen molar-refractivity contribution in [2.24, 2.45) is 5.41 Å². The molecule has 1 spiro atoms. The quantitative estimate of drug-likeness (QED) is 0.132. The molecule has 1 aliphatic carbocycles. The van der Waals surface area contributed by atoms with Gasteiger partial charge in [-0.1, -0.05) is 84.4 Å². The van der Waals surface area contributed by atoms with Crippen molar-refractivity contribution in [2.45, 2.75) is 24.9 Å². The predicted molar refractivity (Wildman–Crippen MR) is 154 cm³/mol. The maximum atomic E-state index is 14.6. The van der Waals surface area contributed by atoms with E-state index in [-0.39, 0.29) is 28.6 Å². The van der Waals surface area contributed by atoms with E-state index in [9.17, 15) is 24.5 Å². The Kier molecular flexibility index (Phi) is 5.41. The van der Waals surface area contributed by atoms with Gasteiger partial charge in [0.25, 0.3) is 5.69 Å². The molecular weight excluding hydrogens is 516 g/mol. The van der Waals surface area contributed by atoms with Gasteiger partial charge in [0, 0.05) is 40.4 Å². The number of nitro groups is 1. The Balaban J connectivity index is 1.52. The molecule has 200 valence electrons. The third kappa shape index (κ3) is 3.35. The highest BCUT2D eigenvalue weighted by Crippen LogP contribution is 2.60. The van der Waals surface area contributed by atoms with Crippen molar-refractivity contribution in [3.8, 4) is 0 Å². The number of Topliss-reactive ketones (excluding diaryl/α,β-unsaturated/α-hetero) is 3. The Morgan fingerprint density at radius 3 is 2.07 bits per heavy atom. The van der Waals surface area contributed by atoms with Crippen molar-refractivity contribution >= 4 is 34.8 Å². The molecule has 7 heteroatoms. The second-order valence-corrected chi connectivity index (χ2v) is 10.8. The molecule has 0 amide bonds. The summed E-state index contributed by atoms with van der Waals surface area (Å²) in [5, 5.41) is 11.3. The van der Waals surface area contributed by atoms with Gasteiger partial charge in [-0.2, -0.15) is 0 Å². The van der Waals surface area contributed by atoms with Crippen LogP contribution in [0.3, 0.4) is 0 Å². The van der Waals surface area contributed by atoms with Gasteiger partial charge in [-0.05, 0) is 36.2 Å². The lowest BCUT2D eigenvalue weighted by molar-refractivity contribution is -0.384. The van der Waals surface area contributed by atoms with E-state index in [1.807, 2.05) is 72.5 Å². The smallest absolute Gasteiger partial charge is 0.269 e. The lowest BCUT2D eigenvalue weighted by atomic mass is 9.64. The summed E-state index contributed by atoms with van der Waals surface area (Å²) in [6, 6.07) is 26.0. The number of benzene rings is 4. The molecule has 2 aliphatic heterocycles. The SMILES string of the molecule is Cc1ccc([C@H]2[C@H](C(=O)c3ccc([N+](=O)[O-])cc3)N3c4ccccc4C=CC3C23C(=O)c2ccccc2C3=O)cc1. The number of carbonyl (C=O) groups is 3. The van der Waals surface area contributed by atoms with Gasteiger partial charge in [0.1, 0.15) is 11.5 Å². The van der Waals surface area contributed by atoms with E-state index >= 15 is 0 Å². The molecule has 3 aliphatic rings. The Labute approximate surface area is 235 Å². The van der Waals surface area contributed by atoms with Crippen LogP contribution in [-0.4, -0.2) is 34.4 Å². The standard InChI is InChI=1S/C34H24N2O5/c1-20-10-12-22(13-11-20)29-30(31(37)23-14-17-24(18-15-23)36(40)41)35-27-9-5-2-6-21(27)16-19-28(35)34(29)32(38)25-7-3-4-8-26(25)33(34)39/h2-19,28-30H,1H3/t28?,29-,30+/m0/s1. The third-order valence-corrected chi connectivity index (χ3v) is 8.78. The van der Waals surface area contributed by atoms with Crippen LogP contribution >= 0.6 is 0 Å². The summed E-state index contributed by atoms with van der Waals surface area (Å²) in [5.41, 5.74) is 2.65. The van der Waals surface area contributed by atoms with E-state index in [0.29, 0.717) is 16.7 Å². The van der Waals surface area contributed by atoms with Gasteiger partial charge in [0.15, 0.2) is 17.3 Å². The topological polar surface area (TPSA) is 97.6 Å². The highest BCUT2D eigenvalue weighted by molar-refractivity contribution is 6.32. The number of hydrogen-bond acceptors (Lipinski definition) is 6. The predicted octanol–water partition coefficient (Wildman–Crippen LogP) is 6.22. The maximum absolute atomic E-state index is 14.6. The van der Waals surface area contributed by atoms with Crippen molar-refractivity contribution in [3.05, 3.63) is 147 Å². The van der Waals surface area contributed by atoms with E-state index < -0.39 is 28.3 Å². The second-order valence-electron chi connectivity index (χ2n) is 10.8. The van der Waals surface area contributed by atoms with E-state index in [1.54, 1.807) is 24.3 Å². The molecule has 0 radical (unpaired) electrons. The number of nitrogens with zero attached hydrogens (tertiary/aromatic N) is 2. The van der Waals surface area contributed by atoms with Crippen LogP contribution in [-0.2, 0) is 0 Å². The molecule has 0 N–H and O–H groups in total. The number of ketones is 3. The zero-order valence-electron chi connectivity index (χ0n) is 22.1. The van der Waals surface area contributed by atoms with Crippen LogP contribution in [0.5, 0.6) is 0 Å². The lowest BCUT2D eigenvalue weighted by Gasteiger charge is -2.37. The van der Waals surface area contributed by atoms with Gasteiger partial charge in [0.2, 0.25) is 0 Å². The fourth-order valence-electron chi connectivity index (χ4n) is 6.98. The molecule has 7 nitrogen and oxygen atoms in total. The minimum Gasteiger partial charge on any atom is -0.352 e. The molecule has 4 aromatic rings. The highest BCUT2D eigenvalue weighted by Gasteiger charge is 2.71. The Morgan fingerprint density at radius 1 is 0.829 bits per heavy atom. The summed E-state index contributed by atoms with van der Waals surface area (Å²) in [5.74, 6) is -1.71. The Bertz CT molecular complexity index is 1770. The van der Waals surface area contributed by atoms with E-state index in [1.165, 1.54) is 24.3 Å². The summed E-state index contributed by atoms with van der Waals surface area (Å²) in [6.07, 6.45) is 3.81. The van der Waals surface area contributed by atoms with E-state index in [4.69, 9.17) is 0 Å². The molecule has 1 saturated heterocycles. The fourth-order valence-corrected chi connectivity index (χ4v) is 6.98. The van der Waals surface area contributed by atoms with Crippen LogP contribution < -0.4 is 4.90 Å². The van der Waals surface area contributed by atoms with Crippen molar-refractivity contribution < 1.29 is 19.3 Å². The van der Waals surface area contributed by atoms with Crippen LogP contribution in [0.25, 0.3) is 6.08 Å². The Hall–Kier alpha value is -5.17. The number of anilines is 1. The summed E-state index contributed by atoms with van der Waals surface area (Å²) in [7, 11) is 0. The van der Waals surface area contributed by atoms with E-state index in [2.05, 4.69) is 0 Å². The molecule has 3 atom stereocenters. The molecule has 7 rings (SSSR count). The van der Waals surface area contributed by atoms with Gasteiger partial charge in [0.05, 0.1) is 11.0 Å². The second kappa shape index (κ2) is 8.93. The van der Waals surface area contributed by atoms with Crippen molar-refractivity contribution in [1.29, 1.82) is 0 Å². The van der Waals surface area contributed by atoms with Gasteiger partial charge < -0.3 is 4.90 Å². The number of para-hydroxylation sites is 1. The first-order valence-corrected chi connectivity index (χ1v) is 13.4. The average molecular weight is 541 g/mol. The lowest BCUT2D eigenvalue weighted by Crippen LogP contribution is -2.48. The minimum atomic E-state index is -1.58. The molecule has 1 fully saturated rings. The average Bonchev–Trinajstić information content (AvgIpc) is 3.43. The van der Waals surface area contributed by atoms with Gasteiger partial charge in [-0.3, -0.25) is 24.5 Å². The van der Waals surface area contributed by atoms with Gasteiger partial charge >= 0.3 is 0 Å². The zero-order valence-corrected chi connectivity index (χ0v) is 22.1. The summed E-state index contributed by atoms with van der Waals surface area (Å²) >= 11 is 0. The third-order valence-electron chi connectivity index (χ3n) is 8.78. The van der Waals surface area contributed by atoms with Crippen molar-refractivity contribution in [3.63, 3.8) is 0 Å².